The number of aromatic amines is 1. The summed E-state index contributed by atoms with van der Waals surface area (Å²) < 4.78 is 0. The molecule has 0 saturated carbocycles. The van der Waals surface area contributed by atoms with Gasteiger partial charge in [-0.1, -0.05) is 24.3 Å². The number of para-hydroxylation sites is 1. The number of benzene rings is 2. The fraction of sp³-hybridized carbons (Fsp3) is 0.391. The van der Waals surface area contributed by atoms with Gasteiger partial charge in [-0.05, 0) is 49.6 Å². The largest absolute Gasteiger partial charge is 0.384 e. The van der Waals surface area contributed by atoms with E-state index in [1.807, 2.05) is 0 Å². The van der Waals surface area contributed by atoms with Gasteiger partial charge >= 0.3 is 0 Å². The van der Waals surface area contributed by atoms with Crippen LogP contribution in [0.3, 0.4) is 0 Å². The van der Waals surface area contributed by atoms with E-state index in [0.717, 1.165) is 32.5 Å². The van der Waals surface area contributed by atoms with E-state index < -0.39 is 0 Å². The molecule has 0 unspecified atom stereocenters. The van der Waals surface area contributed by atoms with Crippen LogP contribution in [0, 0.1) is 0 Å². The van der Waals surface area contributed by atoms with Crippen molar-refractivity contribution in [1.29, 1.82) is 0 Å². The highest BCUT2D eigenvalue weighted by Gasteiger charge is 2.22. The van der Waals surface area contributed by atoms with Gasteiger partial charge in [-0.2, -0.15) is 0 Å². The summed E-state index contributed by atoms with van der Waals surface area (Å²) >= 11 is 0. The summed E-state index contributed by atoms with van der Waals surface area (Å²) in [5.74, 6) is 0. The minimum absolute atomic E-state index is 1.08. The molecule has 0 spiro atoms. The summed E-state index contributed by atoms with van der Waals surface area (Å²) in [6, 6.07) is 15.3. The maximum atomic E-state index is 3.50. The molecule has 0 atom stereocenters. The molecule has 0 radical (unpaired) electrons. The average molecular weight is 361 g/mol. The van der Waals surface area contributed by atoms with Crippen LogP contribution in [0.2, 0.25) is 0 Å². The number of fused-ring (bicyclic) bond motifs is 2. The number of aryl methyl sites for hydroxylation is 1. The van der Waals surface area contributed by atoms with E-state index in [0.29, 0.717) is 0 Å². The van der Waals surface area contributed by atoms with E-state index in [-0.39, 0.29) is 0 Å². The monoisotopic (exact) mass is 360 g/mol. The lowest BCUT2D eigenvalue weighted by molar-refractivity contribution is 0.255. The molecule has 27 heavy (non-hydrogen) atoms. The van der Waals surface area contributed by atoms with Crippen molar-refractivity contribution >= 4 is 22.3 Å². The van der Waals surface area contributed by atoms with Gasteiger partial charge in [-0.25, -0.2) is 0 Å². The van der Waals surface area contributed by atoms with E-state index in [9.17, 15) is 0 Å². The third-order valence-electron chi connectivity index (χ3n) is 6.15. The van der Waals surface area contributed by atoms with Gasteiger partial charge in [0.1, 0.15) is 0 Å². The zero-order chi connectivity index (χ0) is 18.1. The van der Waals surface area contributed by atoms with Crippen molar-refractivity contribution in [3.05, 3.63) is 59.8 Å². The smallest absolute Gasteiger partial charge is 0.0456 e. The molecule has 1 saturated heterocycles. The lowest BCUT2D eigenvalue weighted by Crippen LogP contribution is -2.47. The van der Waals surface area contributed by atoms with Crippen LogP contribution in [-0.4, -0.2) is 49.2 Å². The predicted octanol–water partition coefficient (Wildman–Crippen LogP) is 3.89. The molecule has 0 aliphatic carbocycles. The highest BCUT2D eigenvalue weighted by Crippen LogP contribution is 2.32. The summed E-state index contributed by atoms with van der Waals surface area (Å²) in [7, 11) is 0. The average Bonchev–Trinajstić information content (AvgIpc) is 3.36. The number of piperazine rings is 1. The fourth-order valence-electron chi connectivity index (χ4n) is 4.67. The number of hydrogen-bond acceptors (Lipinski definition) is 3. The van der Waals surface area contributed by atoms with Gasteiger partial charge in [0.2, 0.25) is 0 Å². The van der Waals surface area contributed by atoms with Crippen molar-refractivity contribution in [3.63, 3.8) is 0 Å². The predicted molar refractivity (Wildman–Crippen MR) is 114 cm³/mol. The van der Waals surface area contributed by atoms with Crippen LogP contribution >= 0.6 is 0 Å². The Bertz CT molecular complexity index is 921. The second kappa shape index (κ2) is 7.28. The molecule has 5 rings (SSSR count). The quantitative estimate of drug-likeness (QED) is 0.724. The lowest BCUT2D eigenvalue weighted by Gasteiger charge is -2.37. The maximum absolute atomic E-state index is 3.50. The zero-order valence-corrected chi connectivity index (χ0v) is 15.9. The first-order valence-electron chi connectivity index (χ1n) is 10.3. The molecule has 140 valence electrons. The van der Waals surface area contributed by atoms with E-state index in [1.165, 1.54) is 59.5 Å². The first kappa shape index (κ1) is 16.7. The van der Waals surface area contributed by atoms with Crippen LogP contribution in [-0.2, 0) is 12.8 Å². The molecule has 1 fully saturated rings. The first-order valence-corrected chi connectivity index (χ1v) is 10.3. The SMILES string of the molecule is c1cc2c(c(N3CCN(CCCc4c[nH]c5ccccc45)CC3)c1)CCN2. The highest BCUT2D eigenvalue weighted by molar-refractivity contribution is 5.83. The molecule has 2 aliphatic heterocycles. The Kier molecular flexibility index (Phi) is 4.50. The Morgan fingerprint density at radius 2 is 1.81 bits per heavy atom. The van der Waals surface area contributed by atoms with Crippen LogP contribution < -0.4 is 10.2 Å². The van der Waals surface area contributed by atoms with Crippen molar-refractivity contribution < 1.29 is 0 Å². The maximum Gasteiger partial charge on any atom is 0.0456 e. The van der Waals surface area contributed by atoms with Crippen LogP contribution in [0.15, 0.2) is 48.7 Å². The Labute approximate surface area is 161 Å². The number of aromatic nitrogens is 1. The second-order valence-corrected chi connectivity index (χ2v) is 7.77. The number of anilines is 2. The first-order chi connectivity index (χ1) is 13.4. The Balaban J connectivity index is 1.14. The van der Waals surface area contributed by atoms with Gasteiger partial charge in [0.25, 0.3) is 0 Å². The molecule has 4 heteroatoms. The van der Waals surface area contributed by atoms with Gasteiger partial charge in [-0.3, -0.25) is 4.90 Å². The molecule has 3 aromatic rings. The Hall–Kier alpha value is -2.46. The zero-order valence-electron chi connectivity index (χ0n) is 15.9. The number of nitrogens with zero attached hydrogens (tertiary/aromatic N) is 2. The Morgan fingerprint density at radius 3 is 2.74 bits per heavy atom. The number of H-pyrrole nitrogens is 1. The fourth-order valence-corrected chi connectivity index (χ4v) is 4.67. The van der Waals surface area contributed by atoms with E-state index >= 15 is 0 Å². The molecule has 2 N–H and O–H groups in total. The molecular weight excluding hydrogens is 332 g/mol. The third-order valence-corrected chi connectivity index (χ3v) is 6.15. The number of hydrogen-bond donors (Lipinski definition) is 2. The Morgan fingerprint density at radius 1 is 0.926 bits per heavy atom. The van der Waals surface area contributed by atoms with E-state index in [2.05, 4.69) is 68.8 Å². The molecule has 0 amide bonds. The highest BCUT2D eigenvalue weighted by atomic mass is 15.3. The molecule has 2 aromatic carbocycles. The van der Waals surface area contributed by atoms with Crippen molar-refractivity contribution in [3.8, 4) is 0 Å². The molecule has 2 aliphatic rings. The molecule has 0 bridgehead atoms. The van der Waals surface area contributed by atoms with E-state index in [4.69, 9.17) is 0 Å². The van der Waals surface area contributed by atoms with Crippen molar-refractivity contribution in [2.75, 3.05) is 49.5 Å². The third kappa shape index (κ3) is 3.30. The number of nitrogens with one attached hydrogen (secondary N) is 2. The summed E-state index contributed by atoms with van der Waals surface area (Å²) in [6.45, 7) is 6.91. The molecule has 4 nitrogen and oxygen atoms in total. The normalized spacial score (nSPS) is 17.3. The molecular formula is C23H28N4. The summed E-state index contributed by atoms with van der Waals surface area (Å²) in [5.41, 5.74) is 7.03. The van der Waals surface area contributed by atoms with Crippen LogP contribution in [0.25, 0.3) is 10.9 Å². The minimum Gasteiger partial charge on any atom is -0.384 e. The lowest BCUT2D eigenvalue weighted by atomic mass is 10.1. The van der Waals surface area contributed by atoms with Crippen LogP contribution in [0.4, 0.5) is 11.4 Å². The van der Waals surface area contributed by atoms with Gasteiger partial charge in [-0.15, -0.1) is 0 Å². The summed E-state index contributed by atoms with van der Waals surface area (Å²) in [4.78, 5) is 8.61. The topological polar surface area (TPSA) is 34.3 Å². The molecule has 3 heterocycles. The van der Waals surface area contributed by atoms with Gasteiger partial charge < -0.3 is 15.2 Å². The van der Waals surface area contributed by atoms with Crippen molar-refractivity contribution in [2.24, 2.45) is 0 Å². The second-order valence-electron chi connectivity index (χ2n) is 7.77. The standard InChI is InChI=1S/C23H28N4/c1-2-7-21-19(6-1)18(17-25-21)5-4-12-26-13-15-27(16-14-26)23-9-3-8-22-20(23)10-11-24-22/h1-3,6-9,17,24-25H,4-5,10-16H2. The van der Waals surface area contributed by atoms with Crippen LogP contribution in [0.5, 0.6) is 0 Å². The van der Waals surface area contributed by atoms with Crippen molar-refractivity contribution in [2.45, 2.75) is 19.3 Å². The van der Waals surface area contributed by atoms with Gasteiger partial charge in [0.05, 0.1) is 0 Å². The van der Waals surface area contributed by atoms with Crippen molar-refractivity contribution in [1.82, 2.24) is 9.88 Å². The van der Waals surface area contributed by atoms with Gasteiger partial charge in [0, 0.05) is 66.8 Å². The number of rotatable bonds is 5. The van der Waals surface area contributed by atoms with Gasteiger partial charge in [0.15, 0.2) is 0 Å². The minimum atomic E-state index is 1.08. The summed E-state index contributed by atoms with van der Waals surface area (Å²) in [6.07, 6.45) is 5.73. The van der Waals surface area contributed by atoms with E-state index in [1.54, 1.807) is 0 Å². The summed E-state index contributed by atoms with van der Waals surface area (Å²) in [5, 5.41) is 4.89. The molecule has 1 aromatic heterocycles. The van der Waals surface area contributed by atoms with Crippen LogP contribution in [0.1, 0.15) is 17.5 Å².